The van der Waals surface area contributed by atoms with E-state index in [1.807, 2.05) is 90.1 Å². The second kappa shape index (κ2) is 63.2. The molecule has 1 unspecified atom stereocenters. The fraction of sp³-hybridized carbons (Fsp3) is 0.848. The normalized spacial score (nSPS) is 17.2. The van der Waals surface area contributed by atoms with E-state index in [9.17, 15) is 48.9 Å². The van der Waals surface area contributed by atoms with Crippen LogP contribution in [0.15, 0.2) is 0 Å². The minimum Gasteiger partial charge on any atom is -1.00 e. The molecule has 6 aliphatic rings. The molecule has 6 saturated heterocycles. The molecule has 8 N–H and O–H groups in total. The van der Waals surface area contributed by atoms with Gasteiger partial charge in [-0.1, -0.05) is 48.4 Å². The van der Waals surface area contributed by atoms with Crippen LogP contribution in [0.5, 0.6) is 0 Å². The van der Waals surface area contributed by atoms with Crippen molar-refractivity contribution in [2.45, 2.75) is 240 Å². The number of carbonyl (C=O) groups is 8. The number of piperidine rings is 4. The van der Waals surface area contributed by atoms with E-state index < -0.39 is 44.4 Å². The Balaban J connectivity index is -0.000000124. The zero-order valence-corrected chi connectivity index (χ0v) is 78.2. The van der Waals surface area contributed by atoms with Crippen LogP contribution >= 0.6 is 44.7 Å². The van der Waals surface area contributed by atoms with Crippen molar-refractivity contribution in [2.75, 3.05) is 124 Å². The molecule has 0 aromatic rings. The first-order valence-electron chi connectivity index (χ1n) is 32.6. The smallest absolute Gasteiger partial charge is 1.00 e. The fourth-order valence-corrected chi connectivity index (χ4v) is 8.78. The number of hydrogen-bond donors (Lipinski definition) is 7. The molecule has 2 spiro atoms. The van der Waals surface area contributed by atoms with E-state index in [-0.39, 0.29) is 258 Å². The number of rotatable bonds is 9. The van der Waals surface area contributed by atoms with Crippen LogP contribution in [0.2, 0.25) is 6.82 Å². The number of aliphatic hydroxyl groups is 2. The summed E-state index contributed by atoms with van der Waals surface area (Å²) in [5.41, 5.74) is 0.681. The predicted molar refractivity (Wildman–Crippen MR) is 392 cm³/mol. The van der Waals surface area contributed by atoms with E-state index in [4.69, 9.17) is 79.0 Å². The van der Waals surface area contributed by atoms with E-state index in [2.05, 4.69) is 53.8 Å². The van der Waals surface area contributed by atoms with Crippen molar-refractivity contribution in [3.63, 3.8) is 0 Å². The number of terminal acetylenes is 1. The first kappa shape index (κ1) is 121. The molecule has 0 aromatic carbocycles. The van der Waals surface area contributed by atoms with Gasteiger partial charge in [-0.05, 0) is 166 Å². The monoisotopic (exact) mass is 1620 g/mol. The van der Waals surface area contributed by atoms with Gasteiger partial charge in [0.2, 0.25) is 17.1 Å². The van der Waals surface area contributed by atoms with Gasteiger partial charge in [0.15, 0.2) is 0 Å². The number of amides is 6. The summed E-state index contributed by atoms with van der Waals surface area (Å²) in [7, 11) is 6.48. The molecule has 6 heterocycles. The van der Waals surface area contributed by atoms with Crippen molar-refractivity contribution in [3.05, 3.63) is 0 Å². The van der Waals surface area contributed by atoms with Crippen LogP contribution in [-0.2, 0) is 52.5 Å². The predicted octanol–water partition coefficient (Wildman–Crippen LogP) is -3.06. The Labute approximate surface area is 760 Å². The van der Waals surface area contributed by atoms with E-state index in [0.29, 0.717) is 71.5 Å². The van der Waals surface area contributed by atoms with Crippen LogP contribution in [-0.4, -0.2) is 260 Å². The van der Waals surface area contributed by atoms with Crippen molar-refractivity contribution >= 4 is 100 Å². The zero-order valence-electron chi connectivity index (χ0n) is 66.2. The molecule has 0 aromatic heterocycles. The maximum Gasteiger partial charge on any atom is 1.00 e. The average molecular weight is 1620 g/mol. The number of morpholine rings is 2. The zero-order chi connectivity index (χ0) is 76.1. The van der Waals surface area contributed by atoms with E-state index in [1.165, 1.54) is 19.7 Å². The number of likely N-dealkylation sites (tertiary alicyclic amines) is 4. The first-order valence-corrected chi connectivity index (χ1v) is 34.0. The number of nitrogens with two attached hydrogens (primary N) is 1. The summed E-state index contributed by atoms with van der Waals surface area (Å²) in [6, 6.07) is 0. The number of hydrogen-bond acceptors (Lipinski definition) is 22. The van der Waals surface area contributed by atoms with Crippen molar-refractivity contribution < 1.29 is 248 Å². The number of ether oxygens (including phenoxy) is 6. The third-order valence-electron chi connectivity index (χ3n) is 13.6. The maximum atomic E-state index is 11.9. The van der Waals surface area contributed by atoms with E-state index in [1.54, 1.807) is 40.4 Å². The van der Waals surface area contributed by atoms with Gasteiger partial charge in [0.05, 0.1) is 42.7 Å². The molecule has 28 nitrogen and oxygen atoms in total. The Morgan fingerprint density at radius 3 is 1.18 bits per heavy atom. The van der Waals surface area contributed by atoms with Gasteiger partial charge in [0.25, 0.3) is 6.47 Å². The Morgan fingerprint density at radius 2 is 0.961 bits per heavy atom. The molecule has 6 fully saturated rings. The van der Waals surface area contributed by atoms with Crippen LogP contribution < -0.4 is 192 Å². The summed E-state index contributed by atoms with van der Waals surface area (Å²) in [6.45, 7) is 39.9. The number of unbranched alkanes of at least 4 members (excludes halogenated alkanes) is 1. The molecule has 0 aliphatic carbocycles. The summed E-state index contributed by atoms with van der Waals surface area (Å²) >= 11 is 14.9. The molecule has 0 saturated carbocycles. The number of nitrogens with one attached hydrogen (secondary N) is 4. The molecule has 584 valence electrons. The van der Waals surface area contributed by atoms with Gasteiger partial charge < -0.3 is 102 Å². The van der Waals surface area contributed by atoms with Gasteiger partial charge in [-0.3, -0.25) is 19.2 Å². The minimum atomic E-state index is -0.986. The molecule has 6 aliphatic heterocycles. The van der Waals surface area contributed by atoms with Gasteiger partial charge in [0, 0.05) is 85.1 Å². The minimum absolute atomic E-state index is 0. The van der Waals surface area contributed by atoms with Crippen molar-refractivity contribution in [1.29, 1.82) is 0 Å². The number of nitrogens with zero attached hydrogens (tertiary/aromatic N) is 4. The Morgan fingerprint density at radius 1 is 0.657 bits per heavy atom. The number of halogens is 3. The molecule has 6 rings (SSSR count). The van der Waals surface area contributed by atoms with Crippen LogP contribution in [0.1, 0.15) is 184 Å². The van der Waals surface area contributed by atoms with Gasteiger partial charge in [0.1, 0.15) is 34.9 Å². The summed E-state index contributed by atoms with van der Waals surface area (Å²) in [5.74, 6) is -0.600. The second-order valence-electron chi connectivity index (χ2n) is 28.1. The van der Waals surface area contributed by atoms with Crippen molar-refractivity contribution in [2.24, 2.45) is 5.73 Å². The van der Waals surface area contributed by atoms with Gasteiger partial charge in [-0.2, -0.15) is 9.90 Å². The van der Waals surface area contributed by atoms with Crippen LogP contribution in [0.25, 0.3) is 0 Å². The van der Waals surface area contributed by atoms with E-state index >= 15 is 0 Å². The summed E-state index contributed by atoms with van der Waals surface area (Å²) < 4.78 is 32.8. The van der Waals surface area contributed by atoms with Crippen LogP contribution in [0, 0.1) is 12.8 Å². The third-order valence-corrected chi connectivity index (χ3v) is 14.4. The van der Waals surface area contributed by atoms with Crippen LogP contribution in [0.4, 0.5) is 19.2 Å². The number of carbonyl (C=O) groups excluding carboxylic acids is 8. The average Bonchev–Trinajstić information content (AvgIpc) is 0.800. The fourth-order valence-electron chi connectivity index (χ4n) is 8.68. The molecular formula is C66H129BCl3K3N9O19P. The molecule has 2 radical (unpaired) electrons. The quantitative estimate of drug-likeness (QED) is 0.0115. The number of alkyl halides is 2. The molecule has 102 heavy (non-hydrogen) atoms. The SMILES string of the molecule is C.C#C.CC(C)(C)OC(=O)N1CCC(O)(CN)CC1.CC(C)(C)OC(=O)N1CCC(O)(CNC(=O)CCl)CC1.CC(C)(C)OC(=O)N1CCC2(CC1)CNC(=O)CO2.CC(C)(C)OC(=O)N1CCC2(CC1)CNCCO2.CC(C)(C)[O-].CCCCNC.O=C(Cl)CCl.O=CO[O-].P.[B]C.[H-].[K+].[K+].[K+]. The van der Waals surface area contributed by atoms with Crippen molar-refractivity contribution in [3.8, 4) is 12.8 Å². The second-order valence-corrected chi connectivity index (χ2v) is 29.1. The largest absolute Gasteiger partial charge is 1.00 e. The Bertz CT molecular complexity index is 2240. The molecule has 1 atom stereocenters. The summed E-state index contributed by atoms with van der Waals surface area (Å²) in [5, 5.41) is 50.1. The topological polar surface area (TPSA) is 375 Å². The third kappa shape index (κ3) is 65.4. The van der Waals surface area contributed by atoms with Gasteiger partial charge in [-0.25, -0.2) is 19.2 Å². The first-order chi connectivity index (χ1) is 44.7. The molecule has 6 amide bonds. The van der Waals surface area contributed by atoms with Gasteiger partial charge in [-0.15, -0.1) is 41.6 Å². The Kier molecular flexibility index (Phi) is 74.9. The molecule has 36 heteroatoms. The summed E-state index contributed by atoms with van der Waals surface area (Å²) in [4.78, 5) is 97.0. The maximum absolute atomic E-state index is 11.9. The molecular weight excluding hydrogens is 1490 g/mol. The van der Waals surface area contributed by atoms with E-state index in [0.717, 1.165) is 65.0 Å². The standard InChI is InChI=1S/C13H23ClN2O4.C13H22N2O4.C13H24N2O3.C11H22N2O3.C5H13N.C4H9O.C2H2Cl2O.C2H2.CH3B.CH2O3.CH4.3K.H3P.H/c1-12(2,3)20-11(18)16-6-4-13(19,5-7-16)9-15-10(17)8-14;1-12(2,3)19-11(17)15-6-4-13(5-7-15)9-14-10(16)8-18-13;1-12(2,3)18-11(16)15-7-4-13(5-8-15)10-14-6-9-17-13;1-10(2,3)16-9(14)13-6-4-11(15,8-12)5-7-13;1-3-4-5-6-2;1-4(2,3)5;3-1-2(4)5;2*1-2;2-1-4-3;;;;;;/h19H,4-9H2,1-3H3,(H,15,17);4-9H2,1-3H3,(H,14,16);14H,4-10H2,1-3H3;15H,4-8,12H2,1-3H3;6H,3-5H2,1-2H3;1-3H3;1H2;1-2H;1H3;1,3H;1H4;;;;1H3;/q;;;;;-1;;;;;;3*+1;;-1/p-1. The van der Waals surface area contributed by atoms with Crippen molar-refractivity contribution in [1.82, 2.24) is 40.9 Å². The molecule has 0 bridgehead atoms. The van der Waals surface area contributed by atoms with Gasteiger partial charge >= 0.3 is 179 Å². The Hall–Kier alpha value is 0.634. The summed E-state index contributed by atoms with van der Waals surface area (Å²) in [6.07, 6.45) is 14.5. The van der Waals surface area contributed by atoms with Crippen LogP contribution in [0.3, 0.4) is 0 Å².